The highest BCUT2D eigenvalue weighted by molar-refractivity contribution is 5.75. The molecule has 1 aromatic heterocycles. The summed E-state index contributed by atoms with van der Waals surface area (Å²) in [7, 11) is 0. The van der Waals surface area contributed by atoms with E-state index in [1.54, 1.807) is 31.2 Å². The summed E-state index contributed by atoms with van der Waals surface area (Å²) in [6.07, 6.45) is -3.94. The monoisotopic (exact) mass is 257 g/mol. The van der Waals surface area contributed by atoms with E-state index in [0.29, 0.717) is 23.3 Å². The van der Waals surface area contributed by atoms with Gasteiger partial charge in [0, 0.05) is 12.5 Å². The molecule has 6 heteroatoms. The van der Waals surface area contributed by atoms with Crippen LogP contribution in [0.5, 0.6) is 0 Å². The highest BCUT2D eigenvalue weighted by atomic mass is 19.4. The lowest BCUT2D eigenvalue weighted by molar-refractivity contribution is -0.140. The Morgan fingerprint density at radius 3 is 2.61 bits per heavy atom. The Balaban J connectivity index is 2.50. The van der Waals surface area contributed by atoms with Gasteiger partial charge in [0.2, 0.25) is 0 Å². The lowest BCUT2D eigenvalue weighted by atomic mass is 10.2. The van der Waals surface area contributed by atoms with Gasteiger partial charge in [0.05, 0.1) is 11.0 Å². The number of imidazole rings is 1. The molecule has 18 heavy (non-hydrogen) atoms. The van der Waals surface area contributed by atoms with Crippen LogP contribution in [-0.4, -0.2) is 21.8 Å². The summed E-state index contributed by atoms with van der Waals surface area (Å²) in [5.74, 6) is 0.378. The van der Waals surface area contributed by atoms with E-state index in [1.807, 2.05) is 0 Å². The molecule has 0 amide bonds. The Morgan fingerprint density at radius 1 is 1.33 bits per heavy atom. The molecule has 3 nitrogen and oxygen atoms in total. The largest absolute Gasteiger partial charge is 0.406 e. The van der Waals surface area contributed by atoms with Crippen molar-refractivity contribution in [3.8, 4) is 0 Å². The number of halogens is 3. The van der Waals surface area contributed by atoms with Crippen molar-refractivity contribution in [2.45, 2.75) is 32.1 Å². The molecule has 0 aliphatic carbocycles. The Morgan fingerprint density at radius 2 is 2.00 bits per heavy atom. The summed E-state index contributed by atoms with van der Waals surface area (Å²) < 4.78 is 38.9. The van der Waals surface area contributed by atoms with Crippen molar-refractivity contribution >= 4 is 11.0 Å². The standard InChI is InChI=1S/C12H14F3N3/c1-8(16)6-11-17-9-4-2-3-5-10(9)18(11)7-12(13,14)15/h2-5,8H,6-7,16H2,1H3. The van der Waals surface area contributed by atoms with Crippen LogP contribution < -0.4 is 5.73 Å². The molecule has 1 atom stereocenters. The second kappa shape index (κ2) is 4.61. The van der Waals surface area contributed by atoms with Gasteiger partial charge in [-0.15, -0.1) is 0 Å². The van der Waals surface area contributed by atoms with Gasteiger partial charge in [0.15, 0.2) is 0 Å². The molecule has 0 bridgehead atoms. The number of nitrogens with zero attached hydrogens (tertiary/aromatic N) is 2. The lowest BCUT2D eigenvalue weighted by Gasteiger charge is -2.12. The van der Waals surface area contributed by atoms with Crippen LogP contribution >= 0.6 is 0 Å². The number of benzene rings is 1. The van der Waals surface area contributed by atoms with Gasteiger partial charge in [-0.3, -0.25) is 0 Å². The van der Waals surface area contributed by atoms with Gasteiger partial charge in [0.25, 0.3) is 0 Å². The molecule has 2 N–H and O–H groups in total. The first-order valence-electron chi connectivity index (χ1n) is 5.63. The average molecular weight is 257 g/mol. The van der Waals surface area contributed by atoms with Gasteiger partial charge < -0.3 is 10.3 Å². The highest BCUT2D eigenvalue weighted by Gasteiger charge is 2.30. The van der Waals surface area contributed by atoms with Crippen molar-refractivity contribution < 1.29 is 13.2 Å². The SMILES string of the molecule is CC(N)Cc1nc2ccccc2n1CC(F)(F)F. The number of aromatic nitrogens is 2. The number of alkyl halides is 3. The first-order chi connectivity index (χ1) is 8.37. The second-order valence-electron chi connectivity index (χ2n) is 4.40. The van der Waals surface area contributed by atoms with E-state index in [-0.39, 0.29) is 6.04 Å². The van der Waals surface area contributed by atoms with Crippen LogP contribution in [0, 0.1) is 0 Å². The maximum Gasteiger partial charge on any atom is 0.406 e. The van der Waals surface area contributed by atoms with Crippen molar-refractivity contribution in [1.29, 1.82) is 0 Å². The minimum atomic E-state index is -4.27. The third-order valence-electron chi connectivity index (χ3n) is 2.58. The van der Waals surface area contributed by atoms with Crippen LogP contribution in [0.1, 0.15) is 12.7 Å². The fraction of sp³-hybridized carbons (Fsp3) is 0.417. The van der Waals surface area contributed by atoms with Gasteiger partial charge in [-0.05, 0) is 19.1 Å². The molecule has 98 valence electrons. The van der Waals surface area contributed by atoms with Gasteiger partial charge >= 0.3 is 6.18 Å². The van der Waals surface area contributed by atoms with Crippen molar-refractivity contribution in [3.63, 3.8) is 0 Å². The van der Waals surface area contributed by atoms with Gasteiger partial charge in [-0.1, -0.05) is 12.1 Å². The first kappa shape index (κ1) is 12.9. The van der Waals surface area contributed by atoms with Crippen molar-refractivity contribution in [3.05, 3.63) is 30.1 Å². The molecule has 2 aromatic rings. The molecule has 0 saturated carbocycles. The smallest absolute Gasteiger partial charge is 0.328 e. The number of fused-ring (bicyclic) bond motifs is 1. The molecular weight excluding hydrogens is 243 g/mol. The van der Waals surface area contributed by atoms with Crippen LogP contribution in [0.3, 0.4) is 0 Å². The number of hydrogen-bond donors (Lipinski definition) is 1. The fourth-order valence-electron chi connectivity index (χ4n) is 1.92. The lowest BCUT2D eigenvalue weighted by Crippen LogP contribution is -2.24. The number of para-hydroxylation sites is 2. The van der Waals surface area contributed by atoms with Crippen molar-refractivity contribution in [1.82, 2.24) is 9.55 Å². The summed E-state index contributed by atoms with van der Waals surface area (Å²) in [4.78, 5) is 4.22. The Hall–Kier alpha value is -1.56. The molecule has 0 aliphatic heterocycles. The summed E-state index contributed by atoms with van der Waals surface area (Å²) in [5.41, 5.74) is 6.70. The normalized spacial score (nSPS) is 14.1. The predicted molar refractivity (Wildman–Crippen MR) is 63.1 cm³/mol. The molecule has 1 aromatic carbocycles. The zero-order valence-corrected chi connectivity index (χ0v) is 9.91. The maximum absolute atomic E-state index is 12.6. The average Bonchev–Trinajstić information content (AvgIpc) is 2.54. The number of nitrogens with two attached hydrogens (primary N) is 1. The van der Waals surface area contributed by atoms with Gasteiger partial charge in [-0.25, -0.2) is 4.98 Å². The van der Waals surface area contributed by atoms with E-state index >= 15 is 0 Å². The quantitative estimate of drug-likeness (QED) is 0.918. The van der Waals surface area contributed by atoms with E-state index in [1.165, 1.54) is 4.57 Å². The molecule has 1 heterocycles. The zero-order valence-electron chi connectivity index (χ0n) is 9.91. The van der Waals surface area contributed by atoms with E-state index in [0.717, 1.165) is 0 Å². The third kappa shape index (κ3) is 2.81. The summed E-state index contributed by atoms with van der Waals surface area (Å²) >= 11 is 0. The molecule has 0 radical (unpaired) electrons. The van der Waals surface area contributed by atoms with Crippen LogP contribution in [0.2, 0.25) is 0 Å². The van der Waals surface area contributed by atoms with Crippen molar-refractivity contribution in [2.24, 2.45) is 5.73 Å². The van der Waals surface area contributed by atoms with E-state index in [2.05, 4.69) is 4.98 Å². The Labute approximate surface area is 102 Å². The molecular formula is C12H14F3N3. The van der Waals surface area contributed by atoms with Crippen molar-refractivity contribution in [2.75, 3.05) is 0 Å². The van der Waals surface area contributed by atoms with Gasteiger partial charge in [-0.2, -0.15) is 13.2 Å². The van der Waals surface area contributed by atoms with Gasteiger partial charge in [0.1, 0.15) is 12.4 Å². The predicted octanol–water partition coefficient (Wildman–Crippen LogP) is 2.49. The van der Waals surface area contributed by atoms with Crippen LogP contribution in [0.4, 0.5) is 13.2 Å². The van der Waals surface area contributed by atoms with Crippen LogP contribution in [-0.2, 0) is 13.0 Å². The zero-order chi connectivity index (χ0) is 13.3. The minimum absolute atomic E-state index is 0.228. The number of rotatable bonds is 3. The molecule has 0 saturated heterocycles. The molecule has 0 spiro atoms. The Kier molecular flexibility index (Phi) is 3.30. The first-order valence-corrected chi connectivity index (χ1v) is 5.63. The van der Waals surface area contributed by atoms with Crippen LogP contribution in [0.25, 0.3) is 11.0 Å². The third-order valence-corrected chi connectivity index (χ3v) is 2.58. The summed E-state index contributed by atoms with van der Waals surface area (Å²) in [6.45, 7) is 0.715. The molecule has 1 unspecified atom stereocenters. The maximum atomic E-state index is 12.6. The van der Waals surface area contributed by atoms with Crippen LogP contribution in [0.15, 0.2) is 24.3 Å². The van der Waals surface area contributed by atoms with E-state index in [4.69, 9.17) is 5.73 Å². The minimum Gasteiger partial charge on any atom is -0.328 e. The summed E-state index contributed by atoms with van der Waals surface area (Å²) in [6, 6.07) is 6.56. The molecule has 0 aliphatic rings. The fourth-order valence-corrected chi connectivity index (χ4v) is 1.92. The van der Waals surface area contributed by atoms with E-state index in [9.17, 15) is 13.2 Å². The second-order valence-corrected chi connectivity index (χ2v) is 4.40. The Bertz CT molecular complexity index is 543. The summed E-state index contributed by atoms with van der Waals surface area (Å²) in [5, 5.41) is 0. The highest BCUT2D eigenvalue weighted by Crippen LogP contribution is 2.24. The topological polar surface area (TPSA) is 43.8 Å². The molecule has 2 rings (SSSR count). The number of hydrogen-bond acceptors (Lipinski definition) is 2. The molecule has 0 fully saturated rings. The van der Waals surface area contributed by atoms with E-state index < -0.39 is 12.7 Å².